The zero-order valence-corrected chi connectivity index (χ0v) is 21.9. The van der Waals surface area contributed by atoms with Gasteiger partial charge in [0, 0.05) is 5.92 Å². The van der Waals surface area contributed by atoms with E-state index in [2.05, 4.69) is 0 Å². The standard InChI is InChI=1S/C26H40O12/c1-25(2)15-5-4-12(23(34)35)18(14-8-11(22(32)33)9-17(29)36-14)26(15,3)7-6-16(25)37-24-20(31)19(30)21(38-24)13(28)10-27/h11-16,18-21,24,27-28,30-31H,4-10H2,1-3H3,(H,32,33)(H,34,35)/t11-,12-,13+,14-,15-,16-,18-,19+,20+,21-,24+,26-/m0/s1. The zero-order chi connectivity index (χ0) is 28.2. The molecule has 38 heavy (non-hydrogen) atoms. The Hall–Kier alpha value is -1.83. The van der Waals surface area contributed by atoms with Gasteiger partial charge in [-0.1, -0.05) is 20.8 Å². The van der Waals surface area contributed by atoms with E-state index in [1.165, 1.54) is 0 Å². The second kappa shape index (κ2) is 10.6. The summed E-state index contributed by atoms with van der Waals surface area (Å²) in [5.41, 5.74) is -1.18. The molecule has 0 radical (unpaired) electrons. The molecule has 0 aromatic rings. The Morgan fingerprint density at radius 3 is 2.37 bits per heavy atom. The minimum atomic E-state index is -1.45. The Morgan fingerprint density at radius 1 is 1.08 bits per heavy atom. The molecule has 0 amide bonds. The number of carboxylic acids is 2. The van der Waals surface area contributed by atoms with E-state index in [0.29, 0.717) is 25.7 Å². The first-order valence-corrected chi connectivity index (χ1v) is 13.3. The maximum atomic E-state index is 12.4. The van der Waals surface area contributed by atoms with Crippen molar-refractivity contribution in [2.75, 3.05) is 6.61 Å². The number of aliphatic carboxylic acids is 2. The van der Waals surface area contributed by atoms with Gasteiger partial charge in [0.05, 0.1) is 31.0 Å². The van der Waals surface area contributed by atoms with Crippen molar-refractivity contribution in [1.82, 2.24) is 0 Å². The van der Waals surface area contributed by atoms with Crippen molar-refractivity contribution in [3.05, 3.63) is 0 Å². The van der Waals surface area contributed by atoms with Crippen molar-refractivity contribution < 1.29 is 59.2 Å². The third kappa shape index (κ3) is 4.95. The number of cyclic esters (lactones) is 1. The largest absolute Gasteiger partial charge is 0.481 e. The normalized spacial score (nSPS) is 45.6. The first kappa shape index (κ1) is 29.2. The number of ether oxygens (including phenoxy) is 3. The van der Waals surface area contributed by atoms with E-state index in [1.54, 1.807) is 0 Å². The van der Waals surface area contributed by atoms with Crippen LogP contribution in [-0.2, 0) is 28.6 Å². The van der Waals surface area contributed by atoms with Crippen LogP contribution in [0.3, 0.4) is 0 Å². The lowest BCUT2D eigenvalue weighted by Crippen LogP contribution is -2.61. The van der Waals surface area contributed by atoms with Gasteiger partial charge in [-0.05, 0) is 48.9 Å². The van der Waals surface area contributed by atoms with Crippen LogP contribution in [0.15, 0.2) is 0 Å². The van der Waals surface area contributed by atoms with Crippen LogP contribution in [0.2, 0.25) is 0 Å². The Balaban J connectivity index is 1.59. The summed E-state index contributed by atoms with van der Waals surface area (Å²) in [5, 5.41) is 59.7. The number of carboxylic acid groups (broad SMARTS) is 2. The summed E-state index contributed by atoms with van der Waals surface area (Å²) in [6.45, 7) is 5.31. The van der Waals surface area contributed by atoms with Crippen molar-refractivity contribution >= 4 is 17.9 Å². The van der Waals surface area contributed by atoms with Crippen molar-refractivity contribution in [3.63, 3.8) is 0 Å². The molecule has 4 fully saturated rings. The van der Waals surface area contributed by atoms with Crippen LogP contribution in [0.5, 0.6) is 0 Å². The molecule has 12 atom stereocenters. The summed E-state index contributed by atoms with van der Waals surface area (Å²) in [4.78, 5) is 36.5. The topological polar surface area (TPSA) is 200 Å². The molecule has 6 N–H and O–H groups in total. The maximum absolute atomic E-state index is 12.4. The average Bonchev–Trinajstić information content (AvgIpc) is 3.12. The predicted molar refractivity (Wildman–Crippen MR) is 127 cm³/mol. The summed E-state index contributed by atoms with van der Waals surface area (Å²) in [5.74, 6) is -5.15. The molecule has 0 aromatic heterocycles. The average molecular weight is 545 g/mol. The van der Waals surface area contributed by atoms with Crippen LogP contribution in [0.4, 0.5) is 0 Å². The fraction of sp³-hybridized carbons (Fsp3) is 0.885. The fourth-order valence-corrected chi connectivity index (χ4v) is 7.96. The van der Waals surface area contributed by atoms with E-state index in [4.69, 9.17) is 14.2 Å². The Labute approximate surface area is 220 Å². The summed E-state index contributed by atoms with van der Waals surface area (Å²) >= 11 is 0. The quantitative estimate of drug-likeness (QED) is 0.237. The molecule has 4 aliphatic rings. The van der Waals surface area contributed by atoms with Crippen LogP contribution >= 0.6 is 0 Å². The number of esters is 1. The van der Waals surface area contributed by atoms with Gasteiger partial charge in [-0.3, -0.25) is 14.4 Å². The highest BCUT2D eigenvalue weighted by Crippen LogP contribution is 2.63. The van der Waals surface area contributed by atoms with E-state index in [0.717, 1.165) is 0 Å². The Bertz CT molecular complexity index is 922. The van der Waals surface area contributed by atoms with Gasteiger partial charge in [0.1, 0.15) is 30.5 Å². The highest BCUT2D eigenvalue weighted by Gasteiger charge is 2.63. The van der Waals surface area contributed by atoms with Gasteiger partial charge in [0.15, 0.2) is 6.29 Å². The second-order valence-electron chi connectivity index (χ2n) is 12.3. The van der Waals surface area contributed by atoms with Crippen molar-refractivity contribution in [3.8, 4) is 0 Å². The number of hydrogen-bond acceptors (Lipinski definition) is 10. The van der Waals surface area contributed by atoms with Gasteiger partial charge in [-0.25, -0.2) is 0 Å². The predicted octanol–water partition coefficient (Wildman–Crippen LogP) is 0.131. The van der Waals surface area contributed by atoms with Crippen LogP contribution in [-0.4, -0.2) is 98.1 Å². The molecule has 12 nitrogen and oxygen atoms in total. The molecule has 2 saturated heterocycles. The highest BCUT2D eigenvalue weighted by atomic mass is 16.7. The van der Waals surface area contributed by atoms with E-state index >= 15 is 0 Å². The Kier molecular flexibility index (Phi) is 8.15. The van der Waals surface area contributed by atoms with E-state index < -0.39 is 96.0 Å². The zero-order valence-electron chi connectivity index (χ0n) is 21.9. The SMILES string of the molecule is CC1(C)[C@@H](O[C@@H]2O[C@@H]([C@H](O)CO)[C@H](O)[C@H]2O)CC[C@]2(C)[C@H]([C@@H]3C[C@H](C(=O)O)CC(=O)O3)[C@@H](C(=O)O)CC[C@@H]12. The molecule has 2 aliphatic carbocycles. The summed E-state index contributed by atoms with van der Waals surface area (Å²) in [6, 6.07) is 0. The number of fused-ring (bicyclic) bond motifs is 1. The number of carbonyl (C=O) groups is 3. The van der Waals surface area contributed by atoms with E-state index in [1.807, 2.05) is 20.8 Å². The molecule has 12 heteroatoms. The van der Waals surface area contributed by atoms with Crippen molar-refractivity contribution in [1.29, 1.82) is 0 Å². The molecule has 0 spiro atoms. The third-order valence-corrected chi connectivity index (χ3v) is 9.83. The summed E-state index contributed by atoms with van der Waals surface area (Å²) in [7, 11) is 0. The highest BCUT2D eigenvalue weighted by molar-refractivity contribution is 5.80. The number of aliphatic hydroxyl groups excluding tert-OH is 4. The smallest absolute Gasteiger partial charge is 0.307 e. The minimum absolute atomic E-state index is 0.0623. The molecular formula is C26H40O12. The molecule has 0 bridgehead atoms. The first-order chi connectivity index (χ1) is 17.7. The number of hydrogen-bond donors (Lipinski definition) is 6. The van der Waals surface area contributed by atoms with Gasteiger partial charge >= 0.3 is 17.9 Å². The molecule has 2 aliphatic heterocycles. The minimum Gasteiger partial charge on any atom is -0.481 e. The molecule has 216 valence electrons. The lowest BCUT2D eigenvalue weighted by Gasteiger charge is -2.62. The van der Waals surface area contributed by atoms with Gasteiger partial charge in [-0.15, -0.1) is 0 Å². The van der Waals surface area contributed by atoms with Crippen LogP contribution < -0.4 is 0 Å². The number of carbonyl (C=O) groups excluding carboxylic acids is 1. The molecular weight excluding hydrogens is 504 g/mol. The van der Waals surface area contributed by atoms with Crippen molar-refractivity contribution in [2.24, 2.45) is 34.5 Å². The molecule has 0 aromatic carbocycles. The van der Waals surface area contributed by atoms with Gasteiger partial charge in [-0.2, -0.15) is 0 Å². The Morgan fingerprint density at radius 2 is 1.76 bits per heavy atom. The fourth-order valence-electron chi connectivity index (χ4n) is 7.96. The van der Waals surface area contributed by atoms with Gasteiger partial charge < -0.3 is 44.8 Å². The lowest BCUT2D eigenvalue weighted by atomic mass is 9.44. The van der Waals surface area contributed by atoms with Crippen LogP contribution in [0.1, 0.15) is 59.3 Å². The molecule has 4 rings (SSSR count). The summed E-state index contributed by atoms with van der Waals surface area (Å²) < 4.78 is 17.4. The number of rotatable bonds is 7. The third-order valence-electron chi connectivity index (χ3n) is 9.83. The lowest BCUT2D eigenvalue weighted by molar-refractivity contribution is -0.257. The maximum Gasteiger partial charge on any atom is 0.307 e. The molecule has 2 saturated carbocycles. The van der Waals surface area contributed by atoms with Gasteiger partial charge in [0.25, 0.3) is 0 Å². The van der Waals surface area contributed by atoms with Crippen molar-refractivity contribution in [2.45, 2.75) is 102 Å². The van der Waals surface area contributed by atoms with Crippen LogP contribution in [0.25, 0.3) is 0 Å². The number of aliphatic hydroxyl groups is 4. The van der Waals surface area contributed by atoms with Gasteiger partial charge in [0.2, 0.25) is 0 Å². The monoisotopic (exact) mass is 544 g/mol. The summed E-state index contributed by atoms with van der Waals surface area (Å²) in [6.07, 6.45) is -6.36. The molecule has 2 heterocycles. The van der Waals surface area contributed by atoms with Crippen LogP contribution in [0, 0.1) is 34.5 Å². The second-order valence-corrected chi connectivity index (χ2v) is 12.3. The first-order valence-electron chi connectivity index (χ1n) is 13.3. The van der Waals surface area contributed by atoms with E-state index in [-0.39, 0.29) is 18.8 Å². The molecule has 0 unspecified atom stereocenters. The van der Waals surface area contributed by atoms with E-state index in [9.17, 15) is 45.0 Å².